The molecule has 1 fully saturated rings. The first kappa shape index (κ1) is 19.8. The first-order chi connectivity index (χ1) is 13.9. The van der Waals surface area contributed by atoms with Crippen molar-refractivity contribution in [2.75, 3.05) is 38.2 Å². The molecule has 2 N–H and O–H groups in total. The van der Waals surface area contributed by atoms with Crippen molar-refractivity contribution in [1.82, 2.24) is 9.62 Å². The number of morpholine rings is 1. The largest absolute Gasteiger partial charge is 0.482 e. The summed E-state index contributed by atoms with van der Waals surface area (Å²) in [5.41, 5.74) is 0.816. The van der Waals surface area contributed by atoms with Crippen LogP contribution in [0.2, 0.25) is 0 Å². The lowest BCUT2D eigenvalue weighted by Gasteiger charge is -2.25. The maximum absolute atomic E-state index is 12.7. The molecule has 29 heavy (non-hydrogen) atoms. The number of carbonyl (C=O) groups excluding carboxylic acids is 2. The molecule has 1 aromatic carbocycles. The number of thiophene rings is 1. The van der Waals surface area contributed by atoms with E-state index in [1.807, 2.05) is 0 Å². The minimum atomic E-state index is -3.54. The molecule has 2 amide bonds. The zero-order valence-corrected chi connectivity index (χ0v) is 17.0. The number of fused-ring (bicyclic) bond motifs is 1. The van der Waals surface area contributed by atoms with E-state index in [1.54, 1.807) is 30.3 Å². The van der Waals surface area contributed by atoms with Crippen molar-refractivity contribution < 1.29 is 27.5 Å². The average Bonchev–Trinajstić information content (AvgIpc) is 3.22. The van der Waals surface area contributed by atoms with Gasteiger partial charge in [0.2, 0.25) is 0 Å². The molecule has 4 rings (SSSR count). The number of hydrogen-bond acceptors (Lipinski definition) is 7. The third-order valence-corrected chi connectivity index (χ3v) is 7.95. The minimum absolute atomic E-state index is 0.0490. The fraction of sp³-hybridized carbons (Fsp3) is 0.333. The Morgan fingerprint density at radius 2 is 2.00 bits per heavy atom. The molecule has 11 heteroatoms. The van der Waals surface area contributed by atoms with Gasteiger partial charge in [0.05, 0.1) is 25.4 Å². The summed E-state index contributed by atoms with van der Waals surface area (Å²) in [6.45, 7) is 1.60. The summed E-state index contributed by atoms with van der Waals surface area (Å²) >= 11 is 1.13. The van der Waals surface area contributed by atoms with Gasteiger partial charge in [0, 0.05) is 23.5 Å². The molecule has 0 spiro atoms. The van der Waals surface area contributed by atoms with Crippen molar-refractivity contribution in [2.24, 2.45) is 0 Å². The van der Waals surface area contributed by atoms with Crippen LogP contribution < -0.4 is 15.4 Å². The predicted octanol–water partition coefficient (Wildman–Crippen LogP) is 1.03. The Kier molecular flexibility index (Phi) is 5.54. The molecule has 1 saturated heterocycles. The van der Waals surface area contributed by atoms with Gasteiger partial charge >= 0.3 is 0 Å². The van der Waals surface area contributed by atoms with Gasteiger partial charge in [-0.15, -0.1) is 11.3 Å². The number of anilines is 1. The molecular weight excluding hydrogens is 418 g/mol. The normalized spacial score (nSPS) is 17.2. The molecule has 0 saturated carbocycles. The van der Waals surface area contributed by atoms with Gasteiger partial charge in [-0.25, -0.2) is 8.42 Å². The Labute approximate surface area is 171 Å². The van der Waals surface area contributed by atoms with Crippen LogP contribution in [0.3, 0.4) is 0 Å². The van der Waals surface area contributed by atoms with Crippen molar-refractivity contribution in [3.05, 3.63) is 40.8 Å². The Morgan fingerprint density at radius 3 is 2.79 bits per heavy atom. The summed E-state index contributed by atoms with van der Waals surface area (Å²) in [7, 11) is -3.54. The third kappa shape index (κ3) is 4.27. The molecule has 9 nitrogen and oxygen atoms in total. The van der Waals surface area contributed by atoms with Crippen LogP contribution in [-0.4, -0.2) is 57.4 Å². The van der Waals surface area contributed by atoms with E-state index >= 15 is 0 Å². The quantitative estimate of drug-likeness (QED) is 0.722. The van der Waals surface area contributed by atoms with Crippen molar-refractivity contribution >= 4 is 38.9 Å². The van der Waals surface area contributed by atoms with E-state index in [0.717, 1.165) is 16.2 Å². The topological polar surface area (TPSA) is 114 Å². The number of nitrogens with zero attached hydrogens (tertiary/aromatic N) is 1. The lowest BCUT2D eigenvalue weighted by atomic mass is 10.1. The summed E-state index contributed by atoms with van der Waals surface area (Å²) in [6.07, 6.45) is 0. The predicted molar refractivity (Wildman–Crippen MR) is 106 cm³/mol. The second kappa shape index (κ2) is 8.11. The number of rotatable bonds is 5. The second-order valence-electron chi connectivity index (χ2n) is 6.47. The van der Waals surface area contributed by atoms with Crippen LogP contribution in [0.4, 0.5) is 5.69 Å². The molecule has 0 atom stereocenters. The van der Waals surface area contributed by atoms with Crippen molar-refractivity contribution in [1.29, 1.82) is 0 Å². The Balaban J connectivity index is 1.40. The van der Waals surface area contributed by atoms with Crippen LogP contribution in [0.5, 0.6) is 5.75 Å². The first-order valence-electron chi connectivity index (χ1n) is 8.95. The highest BCUT2D eigenvalue weighted by molar-refractivity contribution is 7.91. The lowest BCUT2D eigenvalue weighted by Crippen LogP contribution is -2.40. The maximum atomic E-state index is 12.7. The van der Waals surface area contributed by atoms with Crippen LogP contribution in [-0.2, 0) is 26.1 Å². The number of sulfonamides is 1. The highest BCUT2D eigenvalue weighted by Gasteiger charge is 2.27. The number of amides is 2. The summed E-state index contributed by atoms with van der Waals surface area (Å²) in [6, 6.07) is 8.03. The van der Waals surface area contributed by atoms with E-state index in [1.165, 1.54) is 4.31 Å². The van der Waals surface area contributed by atoms with E-state index in [9.17, 15) is 18.0 Å². The van der Waals surface area contributed by atoms with E-state index in [4.69, 9.17) is 9.47 Å². The molecular formula is C18H19N3O6S2. The van der Waals surface area contributed by atoms with E-state index in [-0.39, 0.29) is 29.2 Å². The molecule has 0 aliphatic carbocycles. The van der Waals surface area contributed by atoms with E-state index < -0.39 is 10.0 Å². The molecule has 154 valence electrons. The Hall–Kier alpha value is -2.47. The van der Waals surface area contributed by atoms with Gasteiger partial charge in [0.1, 0.15) is 9.96 Å². The SMILES string of the molecule is O=C1COc2ccc(C(=O)NCc3ccc(S(=O)(=O)N4CCOCC4)s3)cc2N1. The molecule has 2 aromatic rings. The fourth-order valence-corrected chi connectivity index (χ4v) is 5.86. The first-order valence-corrected chi connectivity index (χ1v) is 11.2. The lowest BCUT2D eigenvalue weighted by molar-refractivity contribution is -0.118. The zero-order valence-electron chi connectivity index (χ0n) is 15.3. The third-order valence-electron chi connectivity index (χ3n) is 4.50. The Morgan fingerprint density at radius 1 is 1.21 bits per heavy atom. The summed E-state index contributed by atoms with van der Waals surface area (Å²) in [5, 5.41) is 5.43. The molecule has 0 radical (unpaired) electrons. The van der Waals surface area contributed by atoms with Crippen LogP contribution >= 0.6 is 11.3 Å². The highest BCUT2D eigenvalue weighted by Crippen LogP contribution is 2.29. The smallest absolute Gasteiger partial charge is 0.262 e. The number of carbonyl (C=O) groups is 2. The maximum Gasteiger partial charge on any atom is 0.262 e. The van der Waals surface area contributed by atoms with Crippen molar-refractivity contribution in [3.8, 4) is 5.75 Å². The molecule has 2 aliphatic heterocycles. The number of hydrogen-bond donors (Lipinski definition) is 2. The van der Waals surface area contributed by atoms with Crippen molar-refractivity contribution in [2.45, 2.75) is 10.8 Å². The highest BCUT2D eigenvalue weighted by atomic mass is 32.2. The van der Waals surface area contributed by atoms with Gasteiger partial charge in [-0.1, -0.05) is 0 Å². The standard InChI is InChI=1S/C18H19N3O6S2/c22-16-11-27-15-3-1-12(9-14(15)20-16)18(23)19-10-13-2-4-17(28-13)29(24,25)21-5-7-26-8-6-21/h1-4,9H,5-8,10-11H2,(H,19,23)(H,20,22). The van der Waals surface area contributed by atoms with Gasteiger partial charge < -0.3 is 20.1 Å². The number of nitrogens with one attached hydrogen (secondary N) is 2. The minimum Gasteiger partial charge on any atom is -0.482 e. The van der Waals surface area contributed by atoms with Crippen LogP contribution in [0, 0.1) is 0 Å². The van der Waals surface area contributed by atoms with Gasteiger partial charge in [0.15, 0.2) is 6.61 Å². The van der Waals surface area contributed by atoms with Gasteiger partial charge in [0.25, 0.3) is 21.8 Å². The molecule has 0 bridgehead atoms. The van der Waals surface area contributed by atoms with Gasteiger partial charge in [-0.3, -0.25) is 9.59 Å². The average molecular weight is 437 g/mol. The van der Waals surface area contributed by atoms with Gasteiger partial charge in [-0.05, 0) is 30.3 Å². The molecule has 2 aliphatic rings. The molecule has 0 unspecified atom stereocenters. The number of ether oxygens (including phenoxy) is 2. The summed E-state index contributed by atoms with van der Waals surface area (Å²) < 4.78 is 37.5. The van der Waals surface area contributed by atoms with E-state index in [0.29, 0.717) is 43.3 Å². The Bertz CT molecular complexity index is 1040. The summed E-state index contributed by atoms with van der Waals surface area (Å²) in [5.74, 6) is -0.0985. The van der Waals surface area contributed by atoms with Crippen LogP contribution in [0.25, 0.3) is 0 Å². The summed E-state index contributed by atoms with van der Waals surface area (Å²) in [4.78, 5) is 24.6. The zero-order chi connectivity index (χ0) is 20.4. The fourth-order valence-electron chi connectivity index (χ4n) is 3.00. The second-order valence-corrected chi connectivity index (χ2v) is 9.80. The van der Waals surface area contributed by atoms with Crippen molar-refractivity contribution in [3.63, 3.8) is 0 Å². The molecule has 3 heterocycles. The van der Waals surface area contributed by atoms with Crippen LogP contribution in [0.15, 0.2) is 34.5 Å². The number of benzene rings is 1. The van der Waals surface area contributed by atoms with Crippen LogP contribution in [0.1, 0.15) is 15.2 Å². The molecule has 1 aromatic heterocycles. The van der Waals surface area contributed by atoms with Gasteiger partial charge in [-0.2, -0.15) is 4.31 Å². The van der Waals surface area contributed by atoms with E-state index in [2.05, 4.69) is 10.6 Å². The monoisotopic (exact) mass is 437 g/mol.